The average molecular weight is 361 g/mol. The monoisotopic (exact) mass is 360 g/mol. The van der Waals surface area contributed by atoms with E-state index in [1.807, 2.05) is 0 Å². The van der Waals surface area contributed by atoms with Crippen LogP contribution in [0.15, 0.2) is 0 Å². The Balaban J connectivity index is 2.80. The van der Waals surface area contributed by atoms with Gasteiger partial charge in [0.05, 0.1) is 0 Å². The van der Waals surface area contributed by atoms with Crippen LogP contribution < -0.4 is 0 Å². The lowest BCUT2D eigenvalue weighted by Crippen LogP contribution is -2.48. The lowest BCUT2D eigenvalue weighted by molar-refractivity contribution is -0.482. The minimum Gasteiger partial charge on any atom is -0.296 e. The van der Waals surface area contributed by atoms with Crippen molar-refractivity contribution in [2.24, 2.45) is 11.3 Å². The summed E-state index contributed by atoms with van der Waals surface area (Å²) in [5.74, 6) is -0.894. The zero-order chi connectivity index (χ0) is 18.8. The second kappa shape index (κ2) is 7.44. The fourth-order valence-electron chi connectivity index (χ4n) is 2.54. The van der Waals surface area contributed by atoms with Gasteiger partial charge in [-0.15, -0.1) is 4.89 Å². The quantitative estimate of drug-likeness (QED) is 0.286. The molecule has 0 aromatic rings. The summed E-state index contributed by atoms with van der Waals surface area (Å²) in [6, 6.07) is 0. The van der Waals surface area contributed by atoms with Gasteiger partial charge in [0.15, 0.2) is 0 Å². The minimum absolute atomic E-state index is 0.0260. The van der Waals surface area contributed by atoms with Crippen molar-refractivity contribution < 1.29 is 24.0 Å². The number of hydrogen-bond donors (Lipinski definition) is 0. The zero-order valence-electron chi connectivity index (χ0n) is 16.9. The maximum Gasteiger partial charge on any atom is 0.339 e. The smallest absolute Gasteiger partial charge is 0.296 e. The molecule has 0 aromatic heterocycles. The summed E-state index contributed by atoms with van der Waals surface area (Å²) in [4.78, 5) is 27.3. The molecule has 0 spiro atoms. The Morgan fingerprint density at radius 2 is 1.50 bits per heavy atom. The third kappa shape index (κ3) is 5.83. The standard InChI is InChI=1S/C18H36O5Si/c1-14(19)20-21-18(22-23-24(8,9)17(5,6)7)12-10-15(11-13-18)16(2,3)4/h15H,10-13H2,1-9H3. The van der Waals surface area contributed by atoms with E-state index in [-0.39, 0.29) is 10.5 Å². The fourth-order valence-corrected chi connectivity index (χ4v) is 3.15. The van der Waals surface area contributed by atoms with Gasteiger partial charge in [0.25, 0.3) is 0 Å². The second-order valence-corrected chi connectivity index (χ2v) is 14.3. The molecule has 1 aliphatic carbocycles. The highest BCUT2D eigenvalue weighted by Crippen LogP contribution is 2.45. The van der Waals surface area contributed by atoms with Crippen LogP contribution in [0, 0.1) is 11.3 Å². The molecule has 0 atom stereocenters. The van der Waals surface area contributed by atoms with Crippen molar-refractivity contribution >= 4 is 14.3 Å². The summed E-state index contributed by atoms with van der Waals surface area (Å²) in [5.41, 5.74) is 0.244. The van der Waals surface area contributed by atoms with E-state index in [4.69, 9.17) is 19.2 Å². The molecule has 0 aromatic carbocycles. The maximum absolute atomic E-state index is 11.2. The Bertz CT molecular complexity index is 426. The summed E-state index contributed by atoms with van der Waals surface area (Å²) in [6.07, 6.45) is 3.20. The molecule has 0 aliphatic heterocycles. The zero-order valence-corrected chi connectivity index (χ0v) is 17.9. The molecular formula is C18H36O5Si. The van der Waals surface area contributed by atoms with E-state index in [2.05, 4.69) is 54.6 Å². The first-order chi connectivity index (χ1) is 10.7. The van der Waals surface area contributed by atoms with Gasteiger partial charge in [-0.1, -0.05) is 41.5 Å². The van der Waals surface area contributed by atoms with E-state index in [1.54, 1.807) is 0 Å². The van der Waals surface area contributed by atoms with Gasteiger partial charge in [-0.3, -0.25) is 9.46 Å². The number of carbonyl (C=O) groups excluding carboxylic acids is 1. The number of hydrogen-bond acceptors (Lipinski definition) is 5. The predicted octanol–water partition coefficient (Wildman–Crippen LogP) is 5.37. The number of carbonyl (C=O) groups is 1. The van der Waals surface area contributed by atoms with Crippen LogP contribution in [0.5, 0.6) is 0 Å². The molecule has 0 bridgehead atoms. The van der Waals surface area contributed by atoms with Crippen LogP contribution in [0.25, 0.3) is 0 Å². The van der Waals surface area contributed by atoms with Gasteiger partial charge in [0, 0.05) is 19.8 Å². The summed E-state index contributed by atoms with van der Waals surface area (Å²) in [5, 5.41) is 0.0260. The lowest BCUT2D eigenvalue weighted by Gasteiger charge is -2.43. The van der Waals surface area contributed by atoms with E-state index in [9.17, 15) is 4.79 Å². The highest BCUT2D eigenvalue weighted by molar-refractivity contribution is 6.73. The van der Waals surface area contributed by atoms with Crippen LogP contribution in [0.1, 0.15) is 74.1 Å². The van der Waals surface area contributed by atoms with Gasteiger partial charge < -0.3 is 0 Å². The van der Waals surface area contributed by atoms with Gasteiger partial charge in [-0.2, -0.15) is 0 Å². The summed E-state index contributed by atoms with van der Waals surface area (Å²) in [7, 11) is -2.09. The molecule has 6 heteroatoms. The molecule has 5 nitrogen and oxygen atoms in total. The Morgan fingerprint density at radius 3 is 1.88 bits per heavy atom. The third-order valence-corrected chi connectivity index (χ3v) is 9.60. The lowest BCUT2D eigenvalue weighted by atomic mass is 9.71. The molecular weight excluding hydrogens is 324 g/mol. The van der Waals surface area contributed by atoms with Crippen molar-refractivity contribution in [1.29, 1.82) is 0 Å². The van der Waals surface area contributed by atoms with Crippen molar-refractivity contribution in [3.63, 3.8) is 0 Å². The van der Waals surface area contributed by atoms with Crippen LogP contribution in [0.4, 0.5) is 0 Å². The van der Waals surface area contributed by atoms with Crippen LogP contribution in [0.3, 0.4) is 0 Å². The normalized spacial score (nSPS) is 26.3. The predicted molar refractivity (Wildman–Crippen MR) is 96.4 cm³/mol. The topological polar surface area (TPSA) is 54.0 Å². The van der Waals surface area contributed by atoms with E-state index < -0.39 is 20.1 Å². The molecule has 1 rings (SSSR count). The first-order valence-corrected chi connectivity index (χ1v) is 11.8. The summed E-state index contributed by atoms with van der Waals surface area (Å²) >= 11 is 0. The number of rotatable bonds is 5. The van der Waals surface area contributed by atoms with Crippen molar-refractivity contribution in [3.8, 4) is 0 Å². The maximum atomic E-state index is 11.2. The molecule has 0 amide bonds. The highest BCUT2D eigenvalue weighted by Gasteiger charge is 2.47. The van der Waals surface area contributed by atoms with Gasteiger partial charge >= 0.3 is 5.97 Å². The molecule has 0 heterocycles. The van der Waals surface area contributed by atoms with Crippen LogP contribution >= 0.6 is 0 Å². The van der Waals surface area contributed by atoms with Gasteiger partial charge in [0.1, 0.15) is 0 Å². The van der Waals surface area contributed by atoms with Gasteiger partial charge in [0.2, 0.25) is 14.1 Å². The largest absolute Gasteiger partial charge is 0.339 e. The summed E-state index contributed by atoms with van der Waals surface area (Å²) < 4.78 is 5.91. The molecule has 1 fully saturated rings. The highest BCUT2D eigenvalue weighted by atomic mass is 28.4. The Morgan fingerprint density at radius 1 is 1.00 bits per heavy atom. The molecule has 24 heavy (non-hydrogen) atoms. The minimum atomic E-state index is -2.09. The van der Waals surface area contributed by atoms with Crippen molar-refractivity contribution in [3.05, 3.63) is 0 Å². The molecule has 0 N–H and O–H groups in total. The summed E-state index contributed by atoms with van der Waals surface area (Å²) in [6.45, 7) is 18.8. The van der Waals surface area contributed by atoms with Gasteiger partial charge in [-0.05, 0) is 42.3 Å². The van der Waals surface area contributed by atoms with Gasteiger partial charge in [-0.25, -0.2) is 9.68 Å². The van der Waals surface area contributed by atoms with Crippen molar-refractivity contribution in [2.45, 2.75) is 98.1 Å². The van der Waals surface area contributed by atoms with E-state index in [1.165, 1.54) is 6.92 Å². The van der Waals surface area contributed by atoms with Crippen LogP contribution in [-0.2, 0) is 24.0 Å². The fraction of sp³-hybridized carbons (Fsp3) is 0.944. The SMILES string of the molecule is CC(=O)OOC1(OO[Si](C)(C)C(C)(C)C)CCC(C(C)(C)C)CC1. The van der Waals surface area contributed by atoms with Crippen LogP contribution in [0.2, 0.25) is 18.1 Å². The average Bonchev–Trinajstić information content (AvgIpc) is 2.41. The van der Waals surface area contributed by atoms with E-state index in [0.717, 1.165) is 12.8 Å². The molecule has 0 saturated heterocycles. The van der Waals surface area contributed by atoms with E-state index >= 15 is 0 Å². The molecule has 0 unspecified atom stereocenters. The molecule has 1 aliphatic rings. The Labute approximate surface area is 148 Å². The Kier molecular flexibility index (Phi) is 6.70. The third-order valence-electron chi connectivity index (χ3n) is 5.49. The first kappa shape index (κ1) is 21.6. The van der Waals surface area contributed by atoms with Crippen LogP contribution in [-0.4, -0.2) is 20.1 Å². The van der Waals surface area contributed by atoms with Crippen molar-refractivity contribution in [2.75, 3.05) is 0 Å². The van der Waals surface area contributed by atoms with E-state index in [0.29, 0.717) is 18.8 Å². The second-order valence-electron chi connectivity index (χ2n) is 9.64. The Hall–Kier alpha value is -0.433. The molecule has 142 valence electrons. The molecule has 0 radical (unpaired) electrons. The van der Waals surface area contributed by atoms with Crippen molar-refractivity contribution in [1.82, 2.24) is 0 Å². The molecule has 1 saturated carbocycles. The first-order valence-electron chi connectivity index (χ1n) is 8.92.